The number of nitrogens with zero attached hydrogens (tertiary/aromatic N) is 3. The van der Waals surface area contributed by atoms with E-state index < -0.39 is 10.0 Å². The van der Waals surface area contributed by atoms with Crippen LogP contribution in [0.4, 0.5) is 10.8 Å². The van der Waals surface area contributed by atoms with Gasteiger partial charge >= 0.3 is 0 Å². The Balaban J connectivity index is 1.69. The molecular formula is C15H17N5O4S2. The van der Waals surface area contributed by atoms with Crippen molar-refractivity contribution in [3.8, 4) is 0 Å². The first-order chi connectivity index (χ1) is 12.3. The smallest absolute Gasteiger partial charge is 0.270 e. The van der Waals surface area contributed by atoms with Crippen molar-refractivity contribution in [1.29, 1.82) is 0 Å². The van der Waals surface area contributed by atoms with E-state index >= 15 is 0 Å². The largest absolute Gasteiger partial charge is 0.312 e. The molecule has 138 valence electrons. The average molecular weight is 395 g/mol. The molecule has 9 nitrogen and oxygen atoms in total. The maximum atomic E-state index is 12.3. The molecule has 2 heterocycles. The second kappa shape index (κ2) is 7.48. The number of benzene rings is 1. The number of hydrogen-bond donors (Lipinski definition) is 2. The van der Waals surface area contributed by atoms with E-state index in [0.717, 1.165) is 29.0 Å². The van der Waals surface area contributed by atoms with Crippen molar-refractivity contribution >= 4 is 44.0 Å². The van der Waals surface area contributed by atoms with Gasteiger partial charge in [-0.15, -0.1) is 10.2 Å². The molecular weight excluding hydrogens is 378 g/mol. The van der Waals surface area contributed by atoms with Gasteiger partial charge in [0.25, 0.3) is 10.0 Å². The second-order valence-electron chi connectivity index (χ2n) is 5.70. The Morgan fingerprint density at radius 1 is 1.35 bits per heavy atom. The Morgan fingerprint density at radius 2 is 2.15 bits per heavy atom. The second-order valence-corrected chi connectivity index (χ2v) is 8.62. The van der Waals surface area contributed by atoms with Crippen LogP contribution in [-0.2, 0) is 26.2 Å². The maximum absolute atomic E-state index is 12.3. The van der Waals surface area contributed by atoms with E-state index in [-0.39, 0.29) is 27.8 Å². The molecule has 0 bridgehead atoms. The Labute approximate surface area is 154 Å². The Bertz CT molecular complexity index is 941. The third-order valence-corrected chi connectivity index (χ3v) is 6.29. The molecule has 0 spiro atoms. The lowest BCUT2D eigenvalue weighted by Crippen LogP contribution is -2.25. The van der Waals surface area contributed by atoms with Gasteiger partial charge in [0.15, 0.2) is 0 Å². The zero-order valence-corrected chi connectivity index (χ0v) is 15.6. The summed E-state index contributed by atoms with van der Waals surface area (Å²) in [7, 11) is -3.85. The monoisotopic (exact) mass is 395 g/mol. The lowest BCUT2D eigenvalue weighted by atomic mass is 10.2. The molecule has 3 rings (SSSR count). The van der Waals surface area contributed by atoms with Gasteiger partial charge in [0.05, 0.1) is 0 Å². The van der Waals surface area contributed by atoms with Gasteiger partial charge < -0.3 is 10.2 Å². The summed E-state index contributed by atoms with van der Waals surface area (Å²) in [5.41, 5.74) is 1.48. The van der Waals surface area contributed by atoms with Crippen molar-refractivity contribution in [2.45, 2.75) is 30.6 Å². The van der Waals surface area contributed by atoms with Crippen LogP contribution in [0.25, 0.3) is 0 Å². The molecule has 0 atom stereocenters. The minimum atomic E-state index is -3.85. The molecule has 26 heavy (non-hydrogen) atoms. The van der Waals surface area contributed by atoms with Crippen LogP contribution in [0.15, 0.2) is 28.6 Å². The third kappa shape index (κ3) is 4.23. The highest BCUT2D eigenvalue weighted by Crippen LogP contribution is 2.23. The standard InChI is InChI=1S/C15H17N5O4S2/c1-10(21)17-14-18-19-15(25-14)26(23,24)16-9-11-4-2-5-12(8-11)20-7-3-6-13(20)22/h2,4-5,8,16H,3,6-7,9H2,1H3,(H,17,18,21). The molecule has 0 unspecified atom stereocenters. The van der Waals surface area contributed by atoms with Gasteiger partial charge in [0.1, 0.15) is 0 Å². The summed E-state index contributed by atoms with van der Waals surface area (Å²) in [6.07, 6.45) is 1.36. The summed E-state index contributed by atoms with van der Waals surface area (Å²) in [6.45, 7) is 2.02. The predicted molar refractivity (Wildman–Crippen MR) is 96.3 cm³/mol. The van der Waals surface area contributed by atoms with Crippen molar-refractivity contribution in [2.75, 3.05) is 16.8 Å². The fourth-order valence-corrected chi connectivity index (χ4v) is 4.52. The van der Waals surface area contributed by atoms with E-state index in [1.807, 2.05) is 6.07 Å². The molecule has 1 aliphatic rings. The Hall–Kier alpha value is -2.37. The molecule has 0 aliphatic carbocycles. The Morgan fingerprint density at radius 3 is 2.85 bits per heavy atom. The van der Waals surface area contributed by atoms with Crippen LogP contribution in [0, 0.1) is 0 Å². The molecule has 1 saturated heterocycles. The van der Waals surface area contributed by atoms with Crippen LogP contribution < -0.4 is 14.9 Å². The van der Waals surface area contributed by atoms with Gasteiger partial charge in [-0.05, 0) is 24.1 Å². The van der Waals surface area contributed by atoms with Gasteiger partial charge in [-0.25, -0.2) is 13.1 Å². The molecule has 2 N–H and O–H groups in total. The van der Waals surface area contributed by atoms with E-state index in [1.54, 1.807) is 23.1 Å². The molecule has 0 saturated carbocycles. The number of carbonyl (C=O) groups is 2. The van der Waals surface area contributed by atoms with Crippen LogP contribution in [0.1, 0.15) is 25.3 Å². The predicted octanol–water partition coefficient (Wildman–Crippen LogP) is 1.10. The summed E-state index contributed by atoms with van der Waals surface area (Å²) < 4.78 is 26.9. The average Bonchev–Trinajstić information content (AvgIpc) is 3.22. The fraction of sp³-hybridized carbons (Fsp3) is 0.333. The number of sulfonamides is 1. The number of amides is 2. The minimum absolute atomic E-state index is 0.0489. The molecule has 11 heteroatoms. The number of carbonyl (C=O) groups excluding carboxylic acids is 2. The summed E-state index contributed by atoms with van der Waals surface area (Å²) in [5, 5.41) is 9.73. The van der Waals surface area contributed by atoms with Gasteiger partial charge in [-0.1, -0.05) is 23.5 Å². The van der Waals surface area contributed by atoms with Crippen molar-refractivity contribution in [3.63, 3.8) is 0 Å². The molecule has 2 aromatic rings. The zero-order chi connectivity index (χ0) is 18.7. The van der Waals surface area contributed by atoms with Gasteiger partial charge in [0.2, 0.25) is 21.3 Å². The molecule has 2 amide bonds. The molecule has 1 aromatic carbocycles. The quantitative estimate of drug-likeness (QED) is 0.707. The lowest BCUT2D eigenvalue weighted by molar-refractivity contribution is -0.117. The highest BCUT2D eigenvalue weighted by atomic mass is 32.2. The van der Waals surface area contributed by atoms with Crippen LogP contribution in [-0.4, -0.2) is 37.0 Å². The van der Waals surface area contributed by atoms with E-state index in [4.69, 9.17) is 0 Å². The first-order valence-electron chi connectivity index (χ1n) is 7.85. The molecule has 0 radical (unpaired) electrons. The van der Waals surface area contributed by atoms with Crippen LogP contribution in [0.5, 0.6) is 0 Å². The maximum Gasteiger partial charge on any atom is 0.270 e. The van der Waals surface area contributed by atoms with Crippen molar-refractivity contribution < 1.29 is 18.0 Å². The SMILES string of the molecule is CC(=O)Nc1nnc(S(=O)(=O)NCc2cccc(N3CCCC3=O)c2)s1. The van der Waals surface area contributed by atoms with Crippen molar-refractivity contribution in [2.24, 2.45) is 0 Å². The van der Waals surface area contributed by atoms with Crippen molar-refractivity contribution in [3.05, 3.63) is 29.8 Å². The molecule has 1 aliphatic heterocycles. The number of hydrogen-bond acceptors (Lipinski definition) is 7. The van der Waals surface area contributed by atoms with Gasteiger partial charge in [-0.3, -0.25) is 9.59 Å². The zero-order valence-electron chi connectivity index (χ0n) is 13.9. The highest BCUT2D eigenvalue weighted by molar-refractivity contribution is 7.91. The third-order valence-electron chi connectivity index (χ3n) is 3.68. The summed E-state index contributed by atoms with van der Waals surface area (Å²) in [4.78, 5) is 24.5. The van der Waals surface area contributed by atoms with Gasteiger partial charge in [0, 0.05) is 32.1 Å². The highest BCUT2D eigenvalue weighted by Gasteiger charge is 2.23. The van der Waals surface area contributed by atoms with Crippen LogP contribution in [0.2, 0.25) is 0 Å². The number of aromatic nitrogens is 2. The minimum Gasteiger partial charge on any atom is -0.312 e. The first-order valence-corrected chi connectivity index (χ1v) is 10.2. The Kier molecular flexibility index (Phi) is 5.30. The van der Waals surface area contributed by atoms with Crippen LogP contribution in [0.3, 0.4) is 0 Å². The van der Waals surface area contributed by atoms with E-state index in [9.17, 15) is 18.0 Å². The molecule has 1 aromatic heterocycles. The fourth-order valence-electron chi connectivity index (χ4n) is 2.52. The van der Waals surface area contributed by atoms with Crippen molar-refractivity contribution in [1.82, 2.24) is 14.9 Å². The number of rotatable bonds is 6. The lowest BCUT2D eigenvalue weighted by Gasteiger charge is -2.16. The summed E-state index contributed by atoms with van der Waals surface area (Å²) >= 11 is 0.770. The number of nitrogens with one attached hydrogen (secondary N) is 2. The van der Waals surface area contributed by atoms with E-state index in [1.165, 1.54) is 6.92 Å². The summed E-state index contributed by atoms with van der Waals surface area (Å²) in [5.74, 6) is -0.284. The molecule has 1 fully saturated rings. The topological polar surface area (TPSA) is 121 Å². The normalized spacial score (nSPS) is 14.7. The van der Waals surface area contributed by atoms with Gasteiger partial charge in [-0.2, -0.15) is 0 Å². The first kappa shape index (κ1) is 18.4. The van der Waals surface area contributed by atoms with Crippen LogP contribution >= 0.6 is 11.3 Å². The van der Waals surface area contributed by atoms with E-state index in [0.29, 0.717) is 13.0 Å². The summed E-state index contributed by atoms with van der Waals surface area (Å²) in [6, 6.07) is 7.17. The van der Waals surface area contributed by atoms with E-state index in [2.05, 4.69) is 20.2 Å². The number of anilines is 2.